The molecule has 0 atom stereocenters. The Morgan fingerprint density at radius 1 is 0.524 bits per heavy atom. The highest BCUT2D eigenvalue weighted by molar-refractivity contribution is 4.63. The second-order valence-corrected chi connectivity index (χ2v) is 5.74. The predicted molar refractivity (Wildman–Crippen MR) is 103 cm³/mol. The molecule has 2 aliphatic rings. The minimum absolute atomic E-state index is 1.09. The molecule has 2 fully saturated rings. The van der Waals surface area contributed by atoms with Crippen LogP contribution in [0, 0.1) is 5.92 Å². The molecule has 0 spiro atoms. The van der Waals surface area contributed by atoms with Crippen LogP contribution in [0.15, 0.2) is 0 Å². The van der Waals surface area contributed by atoms with Gasteiger partial charge in [-0.3, -0.25) is 0 Å². The molecule has 0 radical (unpaired) electrons. The molecule has 0 bridgehead atoms. The van der Waals surface area contributed by atoms with Crippen molar-refractivity contribution >= 4 is 0 Å². The van der Waals surface area contributed by atoms with Crippen molar-refractivity contribution < 1.29 is 0 Å². The zero-order valence-corrected chi connectivity index (χ0v) is 16.8. The lowest BCUT2D eigenvalue weighted by molar-refractivity contribution is 0.349. The van der Waals surface area contributed by atoms with E-state index in [1.54, 1.807) is 0 Å². The first-order chi connectivity index (χ1) is 10.3. The highest BCUT2D eigenvalue weighted by Crippen LogP contribution is 2.25. The summed E-state index contributed by atoms with van der Waals surface area (Å²) in [6.45, 7) is 14.6. The molecule has 21 heavy (non-hydrogen) atoms. The lowest BCUT2D eigenvalue weighted by Crippen LogP contribution is -2.03. The Balaban J connectivity index is -0.000000222. The van der Waals surface area contributed by atoms with Crippen molar-refractivity contribution in [1.82, 2.24) is 0 Å². The highest BCUT2D eigenvalue weighted by atomic mass is 14.2. The largest absolute Gasteiger partial charge is 0.0683 e. The van der Waals surface area contributed by atoms with E-state index >= 15 is 0 Å². The third-order valence-electron chi connectivity index (χ3n) is 3.80. The molecule has 0 aliphatic heterocycles. The molecule has 0 nitrogen and oxygen atoms in total. The molecule has 2 rings (SSSR count). The topological polar surface area (TPSA) is 0 Å². The number of hydrogen-bond acceptors (Lipinski definition) is 0. The smallest absolute Gasteiger partial charge is 0.0417 e. The summed E-state index contributed by atoms with van der Waals surface area (Å²) in [6, 6.07) is 0. The molecule has 2 aliphatic carbocycles. The fraction of sp³-hybridized carbons (Fsp3) is 1.00. The Bertz CT molecular complexity index is 106. The first-order valence-corrected chi connectivity index (χ1v) is 10.3. The fourth-order valence-electron chi connectivity index (χ4n) is 2.66. The van der Waals surface area contributed by atoms with Gasteiger partial charge in [-0.25, -0.2) is 0 Å². The summed E-state index contributed by atoms with van der Waals surface area (Å²) in [5.74, 6) is 1.09. The van der Waals surface area contributed by atoms with E-state index in [1.165, 1.54) is 83.5 Å². The molecule has 132 valence electrons. The van der Waals surface area contributed by atoms with E-state index in [9.17, 15) is 0 Å². The number of hydrogen-bond donors (Lipinski definition) is 0. The van der Waals surface area contributed by atoms with Gasteiger partial charge in [-0.05, 0) is 5.92 Å². The first-order valence-electron chi connectivity index (χ1n) is 10.3. The maximum absolute atomic E-state index is 2.32. The van der Waals surface area contributed by atoms with Crippen LogP contribution in [-0.2, 0) is 0 Å². The molecule has 0 N–H and O–H groups in total. The summed E-state index contributed by atoms with van der Waals surface area (Å²) in [7, 11) is 0. The van der Waals surface area contributed by atoms with Crippen LogP contribution in [0.5, 0.6) is 0 Å². The molecule has 0 aromatic rings. The van der Waals surface area contributed by atoms with E-state index in [0.717, 1.165) is 5.92 Å². The minimum atomic E-state index is 1.09. The molecule has 0 saturated heterocycles. The SMILES string of the molecule is C1CCCCC1.CC.CC.CCC.CCC1CCCCC1. The lowest BCUT2D eigenvalue weighted by atomic mass is 9.88. The van der Waals surface area contributed by atoms with Gasteiger partial charge in [0.25, 0.3) is 0 Å². The van der Waals surface area contributed by atoms with Gasteiger partial charge in [0.2, 0.25) is 0 Å². The van der Waals surface area contributed by atoms with Crippen molar-refractivity contribution in [3.8, 4) is 0 Å². The lowest BCUT2D eigenvalue weighted by Gasteiger charge is -2.18. The Morgan fingerprint density at radius 3 is 0.952 bits per heavy atom. The normalized spacial score (nSPS) is 17.3. The molecule has 0 heteroatoms. The van der Waals surface area contributed by atoms with Gasteiger partial charge in [-0.1, -0.05) is 132 Å². The van der Waals surface area contributed by atoms with Crippen LogP contribution in [0.2, 0.25) is 0 Å². The average molecular weight is 301 g/mol. The molecule has 0 aromatic heterocycles. The summed E-state index contributed by atoms with van der Waals surface area (Å²) < 4.78 is 0. The van der Waals surface area contributed by atoms with Crippen LogP contribution in [0.25, 0.3) is 0 Å². The second-order valence-electron chi connectivity index (χ2n) is 5.74. The summed E-state index contributed by atoms with van der Waals surface area (Å²) in [5.41, 5.74) is 0. The van der Waals surface area contributed by atoms with E-state index in [4.69, 9.17) is 0 Å². The van der Waals surface area contributed by atoms with Crippen LogP contribution in [0.1, 0.15) is 132 Å². The zero-order valence-electron chi connectivity index (χ0n) is 16.8. The van der Waals surface area contributed by atoms with Gasteiger partial charge in [0, 0.05) is 0 Å². The van der Waals surface area contributed by atoms with Crippen LogP contribution < -0.4 is 0 Å². The molecule has 0 unspecified atom stereocenters. The molecule has 0 aromatic carbocycles. The molecule has 2 saturated carbocycles. The van der Waals surface area contributed by atoms with Crippen LogP contribution >= 0.6 is 0 Å². The zero-order chi connectivity index (χ0) is 16.8. The van der Waals surface area contributed by atoms with Crippen LogP contribution in [-0.4, -0.2) is 0 Å². The summed E-state index contributed by atoms with van der Waals surface area (Å²) in [4.78, 5) is 0. The predicted octanol–water partition coefficient (Wildman–Crippen LogP) is 8.79. The van der Waals surface area contributed by atoms with Crippen molar-refractivity contribution in [1.29, 1.82) is 0 Å². The van der Waals surface area contributed by atoms with Crippen molar-refractivity contribution in [3.05, 3.63) is 0 Å². The van der Waals surface area contributed by atoms with Crippen molar-refractivity contribution in [2.24, 2.45) is 5.92 Å². The van der Waals surface area contributed by atoms with Gasteiger partial charge in [-0.2, -0.15) is 0 Å². The van der Waals surface area contributed by atoms with E-state index in [1.807, 2.05) is 27.7 Å². The molecular weight excluding hydrogens is 252 g/mol. The average Bonchev–Trinajstić information content (AvgIpc) is 2.62. The van der Waals surface area contributed by atoms with Crippen molar-refractivity contribution in [3.63, 3.8) is 0 Å². The standard InChI is InChI=1S/C8H16.C6H12.C3H8.2C2H6/c1-2-8-6-4-3-5-7-8;1-2-4-6-5-3-1;1-3-2;2*1-2/h8H,2-7H2,1H3;1-6H2;3H2,1-2H3;2*1-2H3. The van der Waals surface area contributed by atoms with E-state index in [2.05, 4.69) is 20.8 Å². The summed E-state index contributed by atoms with van der Waals surface area (Å²) in [6.07, 6.45) is 19.2. The summed E-state index contributed by atoms with van der Waals surface area (Å²) >= 11 is 0. The van der Waals surface area contributed by atoms with Gasteiger partial charge >= 0.3 is 0 Å². The van der Waals surface area contributed by atoms with Gasteiger partial charge in [0.05, 0.1) is 0 Å². The van der Waals surface area contributed by atoms with Gasteiger partial charge in [0.1, 0.15) is 0 Å². The highest BCUT2D eigenvalue weighted by Gasteiger charge is 2.09. The third-order valence-corrected chi connectivity index (χ3v) is 3.80. The third kappa shape index (κ3) is 25.3. The van der Waals surface area contributed by atoms with Gasteiger partial charge < -0.3 is 0 Å². The molecular formula is C21H48. The minimum Gasteiger partial charge on any atom is -0.0683 e. The second kappa shape index (κ2) is 28.2. The quantitative estimate of drug-likeness (QED) is 0.454. The maximum atomic E-state index is 2.32. The summed E-state index contributed by atoms with van der Waals surface area (Å²) in [5, 5.41) is 0. The Hall–Kier alpha value is 0. The molecule has 0 heterocycles. The van der Waals surface area contributed by atoms with Crippen LogP contribution in [0.3, 0.4) is 0 Å². The van der Waals surface area contributed by atoms with E-state index in [-0.39, 0.29) is 0 Å². The Kier molecular flexibility index (Phi) is 34.8. The van der Waals surface area contributed by atoms with E-state index < -0.39 is 0 Å². The number of rotatable bonds is 1. The maximum Gasteiger partial charge on any atom is -0.0417 e. The Labute approximate surface area is 138 Å². The van der Waals surface area contributed by atoms with Crippen LogP contribution in [0.4, 0.5) is 0 Å². The molecule has 0 amide bonds. The fourth-order valence-corrected chi connectivity index (χ4v) is 2.66. The van der Waals surface area contributed by atoms with Gasteiger partial charge in [0.15, 0.2) is 0 Å². The van der Waals surface area contributed by atoms with Gasteiger partial charge in [-0.15, -0.1) is 0 Å². The van der Waals surface area contributed by atoms with Crippen molar-refractivity contribution in [2.45, 2.75) is 132 Å². The van der Waals surface area contributed by atoms with Crippen molar-refractivity contribution in [2.75, 3.05) is 0 Å². The Morgan fingerprint density at radius 2 is 0.762 bits per heavy atom. The first kappa shape index (κ1) is 25.9. The van der Waals surface area contributed by atoms with E-state index in [0.29, 0.717) is 0 Å². The monoisotopic (exact) mass is 300 g/mol.